The summed E-state index contributed by atoms with van der Waals surface area (Å²) in [7, 11) is 0. The normalized spacial score (nSPS) is 12.2. The Hall–Kier alpha value is -2.37. The van der Waals surface area contributed by atoms with Crippen LogP contribution in [0.2, 0.25) is 0 Å². The Labute approximate surface area is 198 Å². The molecule has 0 aromatic heterocycles. The average Bonchev–Trinajstić information content (AvgIpc) is 2.74. The van der Waals surface area contributed by atoms with E-state index in [9.17, 15) is 24.6 Å². The van der Waals surface area contributed by atoms with E-state index >= 15 is 0 Å². The van der Waals surface area contributed by atoms with Gasteiger partial charge in [-0.1, -0.05) is 72.6 Å². The second-order valence-electron chi connectivity index (χ2n) is 9.82. The van der Waals surface area contributed by atoms with E-state index in [4.69, 9.17) is 4.74 Å². The van der Waals surface area contributed by atoms with Crippen molar-refractivity contribution >= 4 is 17.9 Å². The summed E-state index contributed by atoms with van der Waals surface area (Å²) in [5.41, 5.74) is -0.583. The van der Waals surface area contributed by atoms with E-state index in [2.05, 4.69) is 27.7 Å². The van der Waals surface area contributed by atoms with Crippen molar-refractivity contribution in [2.24, 2.45) is 11.8 Å². The maximum atomic E-state index is 12.9. The highest BCUT2D eigenvalue weighted by Gasteiger charge is 2.23. The number of carbonyl (C=O) groups is 3. The fourth-order valence-corrected chi connectivity index (χ4v) is 3.89. The SMILES string of the molecule is CC(C)CCCCCCC(CCCCCC(C)C)OC(=O)c1cc(C(=O)O)ccc1C(=O)O. The van der Waals surface area contributed by atoms with E-state index in [-0.39, 0.29) is 22.8 Å². The number of aromatic carboxylic acids is 2. The van der Waals surface area contributed by atoms with Gasteiger partial charge in [-0.15, -0.1) is 0 Å². The van der Waals surface area contributed by atoms with Crippen LogP contribution < -0.4 is 0 Å². The molecule has 0 saturated carbocycles. The van der Waals surface area contributed by atoms with Crippen LogP contribution in [0.4, 0.5) is 0 Å². The van der Waals surface area contributed by atoms with Crippen molar-refractivity contribution < 1.29 is 29.3 Å². The number of hydrogen-bond donors (Lipinski definition) is 2. The first kappa shape index (κ1) is 28.7. The molecule has 186 valence electrons. The molecule has 0 radical (unpaired) electrons. The zero-order valence-electron chi connectivity index (χ0n) is 20.8. The van der Waals surface area contributed by atoms with Crippen LogP contribution in [-0.2, 0) is 4.74 Å². The maximum Gasteiger partial charge on any atom is 0.339 e. The minimum Gasteiger partial charge on any atom is -0.478 e. The molecule has 0 saturated heterocycles. The smallest absolute Gasteiger partial charge is 0.339 e. The predicted octanol–water partition coefficient (Wildman–Crippen LogP) is 7.21. The van der Waals surface area contributed by atoms with Gasteiger partial charge in [-0.05, 0) is 55.7 Å². The van der Waals surface area contributed by atoms with Gasteiger partial charge in [-0.3, -0.25) is 0 Å². The zero-order valence-corrected chi connectivity index (χ0v) is 20.8. The van der Waals surface area contributed by atoms with E-state index < -0.39 is 17.9 Å². The van der Waals surface area contributed by atoms with Gasteiger partial charge in [0.2, 0.25) is 0 Å². The highest BCUT2D eigenvalue weighted by atomic mass is 16.5. The zero-order chi connectivity index (χ0) is 24.8. The van der Waals surface area contributed by atoms with Crippen molar-refractivity contribution in [2.45, 2.75) is 104 Å². The van der Waals surface area contributed by atoms with Crippen LogP contribution in [0, 0.1) is 11.8 Å². The molecule has 0 aliphatic rings. The number of carbonyl (C=O) groups excluding carboxylic acids is 1. The van der Waals surface area contributed by atoms with Gasteiger partial charge in [0.05, 0.1) is 16.7 Å². The first-order chi connectivity index (χ1) is 15.6. The summed E-state index contributed by atoms with van der Waals surface area (Å²) < 4.78 is 5.74. The third-order valence-electron chi connectivity index (χ3n) is 5.86. The number of ether oxygens (including phenoxy) is 1. The Kier molecular flexibility index (Phi) is 13.4. The molecule has 6 heteroatoms. The molecule has 0 fully saturated rings. The van der Waals surface area contributed by atoms with Crippen LogP contribution in [0.15, 0.2) is 18.2 Å². The fourth-order valence-electron chi connectivity index (χ4n) is 3.89. The molecule has 1 aromatic carbocycles. The summed E-state index contributed by atoms with van der Waals surface area (Å²) in [4.78, 5) is 35.7. The number of carboxylic acids is 2. The first-order valence-electron chi connectivity index (χ1n) is 12.4. The predicted molar refractivity (Wildman–Crippen MR) is 130 cm³/mol. The maximum absolute atomic E-state index is 12.9. The number of rotatable bonds is 17. The standard InChI is InChI=1S/C27H42O6/c1-19(2)12-8-5-6-10-14-22(15-11-7-9-13-20(3)4)33-27(32)24-18-21(25(28)29)16-17-23(24)26(30)31/h16-20,22H,5-15H2,1-4H3,(H,28,29)(H,30,31). The molecule has 1 unspecified atom stereocenters. The van der Waals surface area contributed by atoms with E-state index in [0.717, 1.165) is 63.5 Å². The van der Waals surface area contributed by atoms with Crippen molar-refractivity contribution in [1.29, 1.82) is 0 Å². The van der Waals surface area contributed by atoms with Crippen LogP contribution >= 0.6 is 0 Å². The monoisotopic (exact) mass is 462 g/mol. The summed E-state index contributed by atoms with van der Waals surface area (Å²) in [5, 5.41) is 18.7. The highest BCUT2D eigenvalue weighted by molar-refractivity contribution is 6.04. The van der Waals surface area contributed by atoms with Crippen molar-refractivity contribution in [3.63, 3.8) is 0 Å². The third-order valence-corrected chi connectivity index (χ3v) is 5.86. The van der Waals surface area contributed by atoms with Gasteiger partial charge < -0.3 is 14.9 Å². The topological polar surface area (TPSA) is 101 Å². The van der Waals surface area contributed by atoms with E-state index in [0.29, 0.717) is 11.8 Å². The molecule has 0 amide bonds. The van der Waals surface area contributed by atoms with Crippen LogP contribution in [0.5, 0.6) is 0 Å². The number of carboxylic acid groups (broad SMARTS) is 2. The summed E-state index contributed by atoms with van der Waals surface area (Å²) in [5.74, 6) is -1.89. The quantitative estimate of drug-likeness (QED) is 0.187. The molecular weight excluding hydrogens is 420 g/mol. The minimum atomic E-state index is -1.28. The molecule has 0 aliphatic carbocycles. The average molecular weight is 463 g/mol. The summed E-state index contributed by atoms with van der Waals surface area (Å²) in [6, 6.07) is 3.43. The number of benzene rings is 1. The number of unbranched alkanes of at least 4 members (excludes halogenated alkanes) is 5. The molecule has 0 heterocycles. The molecule has 0 bridgehead atoms. The molecular formula is C27H42O6. The van der Waals surface area contributed by atoms with Gasteiger partial charge in [0.1, 0.15) is 6.10 Å². The Bertz CT molecular complexity index is 753. The molecule has 0 spiro atoms. The lowest BCUT2D eigenvalue weighted by Gasteiger charge is -2.19. The highest BCUT2D eigenvalue weighted by Crippen LogP contribution is 2.21. The number of esters is 1. The lowest BCUT2D eigenvalue weighted by Crippen LogP contribution is -2.21. The largest absolute Gasteiger partial charge is 0.478 e. The van der Waals surface area contributed by atoms with Crippen LogP contribution in [-0.4, -0.2) is 34.2 Å². The van der Waals surface area contributed by atoms with E-state index in [1.54, 1.807) is 0 Å². The van der Waals surface area contributed by atoms with Gasteiger partial charge in [0.25, 0.3) is 0 Å². The summed E-state index contributed by atoms with van der Waals surface area (Å²) in [6.07, 6.45) is 11.1. The van der Waals surface area contributed by atoms with Crippen LogP contribution in [0.25, 0.3) is 0 Å². The molecule has 1 aromatic rings. The lowest BCUT2D eigenvalue weighted by molar-refractivity contribution is 0.0244. The summed E-state index contributed by atoms with van der Waals surface area (Å²) in [6.45, 7) is 8.85. The Balaban J connectivity index is 2.78. The second kappa shape index (κ2) is 15.5. The Morgan fingerprint density at radius 1 is 0.697 bits per heavy atom. The van der Waals surface area contributed by atoms with E-state index in [1.807, 2.05) is 0 Å². The molecule has 6 nitrogen and oxygen atoms in total. The van der Waals surface area contributed by atoms with Crippen molar-refractivity contribution in [3.8, 4) is 0 Å². The second-order valence-corrected chi connectivity index (χ2v) is 9.82. The van der Waals surface area contributed by atoms with Crippen LogP contribution in [0.1, 0.15) is 129 Å². The minimum absolute atomic E-state index is 0.137. The number of hydrogen-bond acceptors (Lipinski definition) is 4. The molecule has 0 aliphatic heterocycles. The van der Waals surface area contributed by atoms with Gasteiger partial charge in [-0.2, -0.15) is 0 Å². The van der Waals surface area contributed by atoms with Gasteiger partial charge in [0, 0.05) is 0 Å². The van der Waals surface area contributed by atoms with Gasteiger partial charge in [0.15, 0.2) is 0 Å². The van der Waals surface area contributed by atoms with E-state index in [1.165, 1.54) is 25.3 Å². The molecule has 1 atom stereocenters. The first-order valence-corrected chi connectivity index (χ1v) is 12.4. The van der Waals surface area contributed by atoms with Crippen molar-refractivity contribution in [3.05, 3.63) is 34.9 Å². The van der Waals surface area contributed by atoms with Crippen molar-refractivity contribution in [1.82, 2.24) is 0 Å². The Morgan fingerprint density at radius 2 is 1.18 bits per heavy atom. The molecule has 33 heavy (non-hydrogen) atoms. The third kappa shape index (κ3) is 11.9. The van der Waals surface area contributed by atoms with Crippen LogP contribution in [0.3, 0.4) is 0 Å². The Morgan fingerprint density at radius 3 is 1.64 bits per heavy atom. The molecule has 2 N–H and O–H groups in total. The fraction of sp³-hybridized carbons (Fsp3) is 0.667. The van der Waals surface area contributed by atoms with Gasteiger partial charge in [-0.25, -0.2) is 14.4 Å². The van der Waals surface area contributed by atoms with Gasteiger partial charge >= 0.3 is 17.9 Å². The van der Waals surface area contributed by atoms with Crippen molar-refractivity contribution in [2.75, 3.05) is 0 Å². The molecule has 1 rings (SSSR count). The summed E-state index contributed by atoms with van der Waals surface area (Å²) >= 11 is 0. The lowest BCUT2D eigenvalue weighted by atomic mass is 9.99.